The van der Waals surface area contributed by atoms with Gasteiger partial charge in [0.2, 0.25) is 11.7 Å². The first-order valence-corrected chi connectivity index (χ1v) is 10.5. The number of aromatic nitrogens is 4. The Labute approximate surface area is 196 Å². The molecule has 0 saturated carbocycles. The minimum atomic E-state index is -0.672. The summed E-state index contributed by atoms with van der Waals surface area (Å²) >= 11 is 5.75. The van der Waals surface area contributed by atoms with Gasteiger partial charge in [-0.15, -0.1) is 0 Å². The molecule has 34 heavy (non-hydrogen) atoms. The molecule has 1 N–H and O–H groups in total. The van der Waals surface area contributed by atoms with Gasteiger partial charge in [0.1, 0.15) is 12.4 Å². The van der Waals surface area contributed by atoms with E-state index in [4.69, 9.17) is 16.1 Å². The zero-order valence-corrected chi connectivity index (χ0v) is 18.2. The molecule has 3 heterocycles. The number of hydrogen-bond acceptors (Lipinski definition) is 6. The van der Waals surface area contributed by atoms with Crippen LogP contribution in [0.2, 0.25) is 5.02 Å². The van der Waals surface area contributed by atoms with Gasteiger partial charge in [-0.1, -0.05) is 35.0 Å². The molecule has 5 rings (SSSR count). The van der Waals surface area contributed by atoms with Gasteiger partial charge >= 0.3 is 0 Å². The molecule has 0 bridgehead atoms. The summed E-state index contributed by atoms with van der Waals surface area (Å²) in [5.41, 5.74) is 1.10. The zero-order valence-electron chi connectivity index (χ0n) is 17.4. The summed E-state index contributed by atoms with van der Waals surface area (Å²) in [6.45, 7) is -0.327. The van der Waals surface area contributed by atoms with E-state index >= 15 is 0 Å². The molecule has 168 valence electrons. The predicted molar refractivity (Wildman–Crippen MR) is 125 cm³/mol. The van der Waals surface area contributed by atoms with Gasteiger partial charge in [0, 0.05) is 34.4 Å². The van der Waals surface area contributed by atoms with E-state index in [-0.39, 0.29) is 23.1 Å². The van der Waals surface area contributed by atoms with E-state index in [0.717, 1.165) is 6.07 Å². The molecule has 0 saturated heterocycles. The number of nitrogens with zero attached hydrogens (tertiary/aromatic N) is 4. The lowest BCUT2D eigenvalue weighted by atomic mass is 10.1. The number of amides is 1. The standard InChI is InChI=1S/C24H15ClFN5O3/c25-15-7-8-19(18(26)10-15)28-21(32)13-31-20-6-2-1-5-16(20)17(11-22(31)33)24-29-23(30-34-24)14-4-3-9-27-12-14/h1-12H,13H2,(H,28,32). The van der Waals surface area contributed by atoms with E-state index in [1.54, 1.807) is 48.8 Å². The molecule has 8 nitrogen and oxygen atoms in total. The van der Waals surface area contributed by atoms with Crippen LogP contribution in [0, 0.1) is 5.82 Å². The van der Waals surface area contributed by atoms with Gasteiger partial charge in [-0.3, -0.25) is 19.1 Å². The molecule has 0 unspecified atom stereocenters. The Hall–Kier alpha value is -4.37. The summed E-state index contributed by atoms with van der Waals surface area (Å²) in [7, 11) is 0. The lowest BCUT2D eigenvalue weighted by Crippen LogP contribution is -2.28. The predicted octanol–water partition coefficient (Wildman–Crippen LogP) is 4.54. The topological polar surface area (TPSA) is 103 Å². The fraction of sp³-hybridized carbons (Fsp3) is 0.0417. The Kier molecular flexibility index (Phi) is 5.60. The van der Waals surface area contributed by atoms with Crippen LogP contribution in [0.1, 0.15) is 0 Å². The molecule has 0 atom stereocenters. The van der Waals surface area contributed by atoms with Crippen molar-refractivity contribution in [2.45, 2.75) is 6.54 Å². The van der Waals surface area contributed by atoms with Crippen molar-refractivity contribution in [1.29, 1.82) is 0 Å². The monoisotopic (exact) mass is 475 g/mol. The van der Waals surface area contributed by atoms with Crippen molar-refractivity contribution < 1.29 is 13.7 Å². The van der Waals surface area contributed by atoms with Crippen molar-refractivity contribution in [3.8, 4) is 22.8 Å². The van der Waals surface area contributed by atoms with E-state index in [1.807, 2.05) is 0 Å². The highest BCUT2D eigenvalue weighted by Crippen LogP contribution is 2.28. The van der Waals surface area contributed by atoms with Crippen molar-refractivity contribution in [3.05, 3.63) is 94.3 Å². The maximum atomic E-state index is 14.1. The molecule has 0 fully saturated rings. The second-order valence-corrected chi connectivity index (χ2v) is 7.77. The number of hydrogen-bond donors (Lipinski definition) is 1. The minimum Gasteiger partial charge on any atom is -0.334 e. The molecule has 0 spiro atoms. The van der Waals surface area contributed by atoms with Crippen LogP contribution in [-0.2, 0) is 11.3 Å². The molecule has 0 aliphatic carbocycles. The van der Waals surface area contributed by atoms with Crippen LogP contribution in [0.3, 0.4) is 0 Å². The first-order chi connectivity index (χ1) is 16.5. The van der Waals surface area contributed by atoms with Crippen LogP contribution >= 0.6 is 11.6 Å². The van der Waals surface area contributed by atoms with E-state index < -0.39 is 17.3 Å². The van der Waals surface area contributed by atoms with Gasteiger partial charge in [-0.25, -0.2) is 4.39 Å². The Morgan fingerprint density at radius 1 is 1.12 bits per heavy atom. The van der Waals surface area contributed by atoms with E-state index in [1.165, 1.54) is 22.8 Å². The number of halogens is 2. The molecule has 5 aromatic rings. The van der Waals surface area contributed by atoms with Crippen molar-refractivity contribution in [1.82, 2.24) is 19.7 Å². The number of pyridine rings is 2. The van der Waals surface area contributed by atoms with Crippen molar-refractivity contribution in [3.63, 3.8) is 0 Å². The van der Waals surface area contributed by atoms with Crippen LogP contribution in [0.4, 0.5) is 10.1 Å². The lowest BCUT2D eigenvalue weighted by Gasteiger charge is -2.12. The maximum absolute atomic E-state index is 14.1. The Bertz CT molecular complexity index is 1580. The van der Waals surface area contributed by atoms with Crippen molar-refractivity contribution in [2.75, 3.05) is 5.32 Å². The van der Waals surface area contributed by atoms with Crippen molar-refractivity contribution >= 4 is 34.1 Å². The molecule has 2 aromatic carbocycles. The van der Waals surface area contributed by atoms with Crippen LogP contribution in [0.5, 0.6) is 0 Å². The lowest BCUT2D eigenvalue weighted by molar-refractivity contribution is -0.116. The molecule has 3 aromatic heterocycles. The second kappa shape index (κ2) is 8.87. The van der Waals surface area contributed by atoms with E-state index in [0.29, 0.717) is 27.9 Å². The molecule has 0 aliphatic heterocycles. The highest BCUT2D eigenvalue weighted by atomic mass is 35.5. The maximum Gasteiger partial charge on any atom is 0.259 e. The van der Waals surface area contributed by atoms with Crippen LogP contribution in [-0.4, -0.2) is 25.6 Å². The Balaban J connectivity index is 1.50. The first kappa shape index (κ1) is 21.5. The average Bonchev–Trinajstić information content (AvgIpc) is 3.33. The second-order valence-electron chi connectivity index (χ2n) is 7.34. The number of fused-ring (bicyclic) bond motifs is 1. The van der Waals surface area contributed by atoms with Gasteiger partial charge in [0.05, 0.1) is 16.8 Å². The van der Waals surface area contributed by atoms with Gasteiger partial charge < -0.3 is 9.84 Å². The smallest absolute Gasteiger partial charge is 0.259 e. The third-order valence-corrected chi connectivity index (χ3v) is 5.34. The third-order valence-electron chi connectivity index (χ3n) is 5.10. The van der Waals surface area contributed by atoms with Crippen LogP contribution < -0.4 is 10.9 Å². The molecular formula is C24H15ClFN5O3. The summed E-state index contributed by atoms with van der Waals surface area (Å²) in [5, 5.41) is 7.30. The minimum absolute atomic E-state index is 0.0304. The number of nitrogens with one attached hydrogen (secondary N) is 1. The van der Waals surface area contributed by atoms with Gasteiger partial charge in [0.15, 0.2) is 0 Å². The zero-order chi connectivity index (χ0) is 23.7. The fourth-order valence-corrected chi connectivity index (χ4v) is 3.70. The van der Waals surface area contributed by atoms with Crippen LogP contribution in [0.25, 0.3) is 33.7 Å². The largest absolute Gasteiger partial charge is 0.334 e. The third kappa shape index (κ3) is 4.16. The quantitative estimate of drug-likeness (QED) is 0.400. The number of carbonyl (C=O) groups is 1. The molecule has 1 amide bonds. The number of para-hydroxylation sites is 1. The van der Waals surface area contributed by atoms with E-state index in [2.05, 4.69) is 20.4 Å². The normalized spacial score (nSPS) is 11.0. The fourth-order valence-electron chi connectivity index (χ4n) is 3.54. The Morgan fingerprint density at radius 3 is 2.76 bits per heavy atom. The molecule has 0 radical (unpaired) electrons. The molecule has 0 aliphatic rings. The van der Waals surface area contributed by atoms with Crippen LogP contribution in [0.15, 0.2) is 82.4 Å². The number of rotatable bonds is 5. The molecular weight excluding hydrogens is 461 g/mol. The SMILES string of the molecule is O=C(Cn1c(=O)cc(-c2nc(-c3cccnc3)no2)c2ccccc21)Nc1ccc(Cl)cc1F. The van der Waals surface area contributed by atoms with E-state index in [9.17, 15) is 14.0 Å². The summed E-state index contributed by atoms with van der Waals surface area (Å²) in [4.78, 5) is 34.1. The number of carbonyl (C=O) groups excluding carboxylic acids is 1. The highest BCUT2D eigenvalue weighted by Gasteiger charge is 2.18. The van der Waals surface area contributed by atoms with Gasteiger partial charge in [-0.2, -0.15) is 4.98 Å². The van der Waals surface area contributed by atoms with Crippen molar-refractivity contribution in [2.24, 2.45) is 0 Å². The average molecular weight is 476 g/mol. The summed E-state index contributed by atoms with van der Waals surface area (Å²) < 4.78 is 20.8. The Morgan fingerprint density at radius 2 is 1.97 bits per heavy atom. The first-order valence-electron chi connectivity index (χ1n) is 10.1. The van der Waals surface area contributed by atoms with Gasteiger partial charge in [-0.05, 0) is 36.4 Å². The number of anilines is 1. The number of benzene rings is 2. The van der Waals surface area contributed by atoms with Gasteiger partial charge in [0.25, 0.3) is 11.4 Å². The molecule has 10 heteroatoms. The summed E-state index contributed by atoms with van der Waals surface area (Å²) in [6.07, 6.45) is 3.24. The summed E-state index contributed by atoms with van der Waals surface area (Å²) in [6, 6.07) is 15.8. The highest BCUT2D eigenvalue weighted by molar-refractivity contribution is 6.30. The summed E-state index contributed by atoms with van der Waals surface area (Å²) in [5.74, 6) is -0.750.